The van der Waals surface area contributed by atoms with E-state index in [1.165, 1.54) is 13.2 Å². The zero-order chi connectivity index (χ0) is 21.9. The fraction of sp³-hybridized carbons (Fsp3) is 0.500. The molecule has 30 heavy (non-hydrogen) atoms. The average Bonchev–Trinajstić information content (AvgIpc) is 3.49. The van der Waals surface area contributed by atoms with Crippen molar-refractivity contribution in [2.75, 3.05) is 26.8 Å². The normalized spacial score (nSPS) is 21.2. The molecular formula is C18H21F3N2O6S. The maximum absolute atomic E-state index is 12.8. The van der Waals surface area contributed by atoms with E-state index >= 15 is 0 Å². The number of hydrogen-bond acceptors (Lipinski definition) is 6. The van der Waals surface area contributed by atoms with Crippen LogP contribution < -0.4 is 10.1 Å². The predicted molar refractivity (Wildman–Crippen MR) is 97.9 cm³/mol. The Labute approximate surface area is 171 Å². The Kier molecular flexibility index (Phi) is 6.58. The molecule has 1 aliphatic heterocycles. The first-order valence-corrected chi connectivity index (χ1v) is 10.6. The van der Waals surface area contributed by atoms with E-state index in [1.807, 2.05) is 0 Å². The van der Waals surface area contributed by atoms with E-state index in [-0.39, 0.29) is 36.4 Å². The van der Waals surface area contributed by atoms with Crippen molar-refractivity contribution < 1.29 is 40.6 Å². The third-order valence-electron chi connectivity index (χ3n) is 4.44. The van der Waals surface area contributed by atoms with Crippen molar-refractivity contribution in [2.24, 2.45) is 0 Å². The number of rotatable bonds is 7. The maximum atomic E-state index is 12.8. The molecule has 1 amide bonds. The van der Waals surface area contributed by atoms with Crippen molar-refractivity contribution in [1.29, 1.82) is 0 Å². The van der Waals surface area contributed by atoms with Crippen LogP contribution in [0.1, 0.15) is 12.8 Å². The first kappa shape index (κ1) is 22.4. The Morgan fingerprint density at radius 3 is 2.50 bits per heavy atom. The second-order valence-corrected chi connectivity index (χ2v) is 8.71. The van der Waals surface area contributed by atoms with Gasteiger partial charge in [-0.3, -0.25) is 4.79 Å². The van der Waals surface area contributed by atoms with Gasteiger partial charge in [-0.25, -0.2) is 8.42 Å². The van der Waals surface area contributed by atoms with Gasteiger partial charge in [0.15, 0.2) is 5.76 Å². The molecule has 1 N–H and O–H groups in total. The molecule has 12 heteroatoms. The Hall–Kier alpha value is -2.31. The zero-order valence-electron chi connectivity index (χ0n) is 16.0. The minimum atomic E-state index is -4.87. The van der Waals surface area contributed by atoms with Gasteiger partial charge in [0.1, 0.15) is 5.75 Å². The van der Waals surface area contributed by atoms with E-state index in [4.69, 9.17) is 9.47 Å². The molecule has 0 radical (unpaired) electrons. The molecule has 1 aliphatic carbocycles. The van der Waals surface area contributed by atoms with Crippen molar-refractivity contribution in [2.45, 2.75) is 36.2 Å². The van der Waals surface area contributed by atoms with E-state index in [0.29, 0.717) is 0 Å². The molecule has 1 aromatic carbocycles. The molecular weight excluding hydrogens is 429 g/mol. The van der Waals surface area contributed by atoms with E-state index in [1.54, 1.807) is 0 Å². The van der Waals surface area contributed by atoms with Crippen molar-refractivity contribution in [1.82, 2.24) is 9.62 Å². The molecule has 8 nitrogen and oxygen atoms in total. The van der Waals surface area contributed by atoms with Crippen molar-refractivity contribution >= 4 is 15.9 Å². The molecule has 1 saturated heterocycles. The molecule has 2 aliphatic rings. The lowest BCUT2D eigenvalue weighted by molar-refractivity contribution is -0.274. The Bertz CT molecular complexity index is 897. The van der Waals surface area contributed by atoms with Crippen LogP contribution in [0.2, 0.25) is 0 Å². The first-order chi connectivity index (χ1) is 14.1. The van der Waals surface area contributed by atoms with Crippen LogP contribution in [0.3, 0.4) is 0 Å². The third kappa shape index (κ3) is 5.86. The van der Waals surface area contributed by atoms with Crippen molar-refractivity contribution in [3.8, 4) is 5.75 Å². The summed E-state index contributed by atoms with van der Waals surface area (Å²) in [5.41, 5.74) is 0. The lowest BCUT2D eigenvalue weighted by Crippen LogP contribution is -2.45. The van der Waals surface area contributed by atoms with Crippen LogP contribution in [0.4, 0.5) is 13.2 Å². The molecule has 3 rings (SSSR count). The molecule has 166 valence electrons. The Morgan fingerprint density at radius 2 is 1.93 bits per heavy atom. The summed E-state index contributed by atoms with van der Waals surface area (Å²) in [7, 11) is -2.65. The Morgan fingerprint density at radius 1 is 1.27 bits per heavy atom. The fourth-order valence-corrected chi connectivity index (χ4v) is 4.26. The van der Waals surface area contributed by atoms with Crippen LogP contribution in [-0.4, -0.2) is 63.9 Å². The van der Waals surface area contributed by atoms with Crippen LogP contribution in [-0.2, 0) is 24.3 Å². The highest BCUT2D eigenvalue weighted by molar-refractivity contribution is 7.89. The maximum Gasteiger partial charge on any atom is 0.573 e. The number of nitrogens with zero attached hydrogens (tertiary/aromatic N) is 1. The van der Waals surface area contributed by atoms with Gasteiger partial charge in [0.2, 0.25) is 10.0 Å². The number of morpholine rings is 1. The number of benzene rings is 1. The number of halogens is 3. The Balaban J connectivity index is 1.70. The summed E-state index contributed by atoms with van der Waals surface area (Å²) < 4.78 is 78.0. The van der Waals surface area contributed by atoms with E-state index in [9.17, 15) is 26.4 Å². The van der Waals surface area contributed by atoms with E-state index in [0.717, 1.165) is 41.4 Å². The third-order valence-corrected chi connectivity index (χ3v) is 6.32. The van der Waals surface area contributed by atoms with E-state index < -0.39 is 34.1 Å². The minimum Gasteiger partial charge on any atom is -0.491 e. The van der Waals surface area contributed by atoms with Gasteiger partial charge in [-0.1, -0.05) is 0 Å². The summed E-state index contributed by atoms with van der Waals surface area (Å²) >= 11 is 0. The van der Waals surface area contributed by atoms with Crippen LogP contribution in [0.25, 0.3) is 0 Å². The molecule has 0 spiro atoms. The largest absolute Gasteiger partial charge is 0.573 e. The van der Waals surface area contributed by atoms with Crippen LogP contribution >= 0.6 is 0 Å². The monoisotopic (exact) mass is 450 g/mol. The van der Waals surface area contributed by atoms with Crippen LogP contribution in [0.5, 0.6) is 5.75 Å². The van der Waals surface area contributed by atoms with Gasteiger partial charge >= 0.3 is 6.36 Å². The van der Waals surface area contributed by atoms with Gasteiger partial charge < -0.3 is 19.5 Å². The summed E-state index contributed by atoms with van der Waals surface area (Å²) in [4.78, 5) is 12.0. The summed E-state index contributed by atoms with van der Waals surface area (Å²) in [5.74, 6) is -0.890. The number of carbonyl (C=O) groups is 1. The second kappa shape index (κ2) is 8.82. The molecule has 0 aromatic heterocycles. The molecule has 1 saturated carbocycles. The quantitative estimate of drug-likeness (QED) is 0.503. The summed E-state index contributed by atoms with van der Waals surface area (Å²) in [6, 6.07) is 4.08. The van der Waals surface area contributed by atoms with Gasteiger partial charge in [-0.2, -0.15) is 4.31 Å². The number of carbonyl (C=O) groups excluding carboxylic acids is 1. The standard InChI is InChI=1S/C18H21F3N2O6S/c1-27-16(17(24)22-12-2-3-12)10-14-11-23(8-9-28-14)30(25,26)15-6-4-13(5-7-15)29-18(19,20)21/h4-7,10,12,14H,2-3,8-9,11H2,1H3,(H,22,24)/b16-10-. The van der Waals surface area contributed by atoms with Gasteiger partial charge in [-0.15, -0.1) is 13.2 Å². The smallest absolute Gasteiger partial charge is 0.491 e. The first-order valence-electron chi connectivity index (χ1n) is 9.13. The number of ether oxygens (including phenoxy) is 3. The summed E-state index contributed by atoms with van der Waals surface area (Å²) in [5, 5.41) is 2.77. The molecule has 1 heterocycles. The highest BCUT2D eigenvalue weighted by Gasteiger charge is 2.33. The highest BCUT2D eigenvalue weighted by Crippen LogP contribution is 2.26. The van der Waals surface area contributed by atoms with Crippen molar-refractivity contribution in [3.63, 3.8) is 0 Å². The number of amides is 1. The van der Waals surface area contributed by atoms with Gasteiger partial charge in [-0.05, 0) is 43.2 Å². The fourth-order valence-electron chi connectivity index (χ4n) is 2.82. The van der Waals surface area contributed by atoms with Gasteiger partial charge in [0.25, 0.3) is 5.91 Å². The topological polar surface area (TPSA) is 94.2 Å². The summed E-state index contributed by atoms with van der Waals surface area (Å²) in [6.07, 6.45) is -2.36. The van der Waals surface area contributed by atoms with Gasteiger partial charge in [0, 0.05) is 19.1 Å². The molecule has 0 bridgehead atoms. The second-order valence-electron chi connectivity index (χ2n) is 6.77. The zero-order valence-corrected chi connectivity index (χ0v) is 16.8. The number of hydrogen-bond donors (Lipinski definition) is 1. The minimum absolute atomic E-state index is 0.0276. The van der Waals surface area contributed by atoms with E-state index in [2.05, 4.69) is 10.1 Å². The average molecular weight is 450 g/mol. The lowest BCUT2D eigenvalue weighted by Gasteiger charge is -2.31. The van der Waals surface area contributed by atoms with Gasteiger partial charge in [0.05, 0.1) is 24.7 Å². The SMILES string of the molecule is CO/C(=C\C1CN(S(=O)(=O)c2ccc(OC(F)(F)F)cc2)CCO1)C(=O)NC1CC1. The highest BCUT2D eigenvalue weighted by atomic mass is 32.2. The lowest BCUT2D eigenvalue weighted by atomic mass is 10.2. The number of alkyl halides is 3. The predicted octanol–water partition coefficient (Wildman–Crippen LogP) is 1.78. The molecule has 1 unspecified atom stereocenters. The van der Waals surface area contributed by atoms with Crippen molar-refractivity contribution in [3.05, 3.63) is 36.1 Å². The van der Waals surface area contributed by atoms with Crippen LogP contribution in [0, 0.1) is 0 Å². The number of nitrogens with one attached hydrogen (secondary N) is 1. The van der Waals surface area contributed by atoms with Crippen LogP contribution in [0.15, 0.2) is 41.0 Å². The summed E-state index contributed by atoms with van der Waals surface area (Å²) in [6.45, 7) is 0.0632. The molecule has 1 atom stereocenters. The molecule has 2 fully saturated rings. The molecule has 1 aromatic rings. The number of sulfonamides is 1. The number of methoxy groups -OCH3 is 1.